The van der Waals surface area contributed by atoms with Crippen LogP contribution in [0.3, 0.4) is 0 Å². The molecule has 0 radical (unpaired) electrons. The van der Waals surface area contributed by atoms with Gasteiger partial charge >= 0.3 is 41.8 Å². The molecule has 8 rings (SSSR count). The van der Waals surface area contributed by atoms with Gasteiger partial charge in [0.15, 0.2) is 0 Å². The third kappa shape index (κ3) is 16.6. The minimum atomic E-state index is -0.962. The molecule has 8 aromatic rings. The number of carbonyl (C=O) groups is 8. The number of benzene rings is 8. The highest BCUT2D eigenvalue weighted by atomic mass is 35.5. The van der Waals surface area contributed by atoms with Crippen molar-refractivity contribution in [3.8, 4) is 23.0 Å². The lowest BCUT2D eigenvalue weighted by atomic mass is 10.1. The highest BCUT2D eigenvalue weighted by Gasteiger charge is 2.11. The number of esters is 5. The van der Waals surface area contributed by atoms with Crippen LogP contribution in [0, 0.1) is 0 Å². The molecule has 0 saturated heterocycles. The number of halogens is 1. The fourth-order valence-corrected chi connectivity index (χ4v) is 6.70. The summed E-state index contributed by atoms with van der Waals surface area (Å²) < 4.78 is 24.9. The van der Waals surface area contributed by atoms with E-state index in [2.05, 4.69) is 6.58 Å². The Morgan fingerprint density at radius 3 is 1.12 bits per heavy atom. The van der Waals surface area contributed by atoms with E-state index in [9.17, 15) is 43.5 Å². The predicted molar refractivity (Wildman–Crippen MR) is 272 cm³/mol. The number of aromatic hydroxyl groups is 1. The van der Waals surface area contributed by atoms with E-state index >= 15 is 0 Å². The van der Waals surface area contributed by atoms with Crippen molar-refractivity contribution in [1.29, 1.82) is 0 Å². The van der Waals surface area contributed by atoms with Gasteiger partial charge in [-0.25, -0.2) is 19.2 Å². The number of hydrogen-bond acceptors (Lipinski definition) is 14. The van der Waals surface area contributed by atoms with Crippen LogP contribution in [0.1, 0.15) is 69.1 Å². The number of rotatable bonds is 11. The summed E-state index contributed by atoms with van der Waals surface area (Å²) in [4.78, 5) is 88.3. The van der Waals surface area contributed by atoms with Gasteiger partial charge in [-0.15, -0.1) is 0 Å². The number of carboxylic acid groups (broad SMARTS) is 2. The molecule has 3 N–H and O–H groups in total. The molecule has 0 atom stereocenters. The standard InChI is InChI=1S/C19H18O6.C13H9ClO3.C13H10O4.C11H8O3/c1-12(2)18(21)23-8-9-24-19(22)16-5-4-15-11-17(25-13(3)20)7-6-14(15)10-16;1-8(15)17-12-5-4-9-6-11(13(14)16)3-2-10(9)7-12;1-8(14)17-12-5-4-9-6-11(13(15)16)3-2-10(9)7-12;12-10-4-3-7-5-9(11(13)14)2-1-8(7)6-10/h4-7,10-11H,1,8-9H2,2-3H3;2-7H,1H3;2-7H,1H3,(H,15,16);1-6,12H,(H,13,14). The molecule has 0 heterocycles. The second-order valence-electron chi connectivity index (χ2n) is 15.6. The molecular weight excluding hydrogens is 964 g/mol. The number of carbonyl (C=O) groups excluding carboxylic acids is 6. The summed E-state index contributed by atoms with van der Waals surface area (Å²) in [5.41, 5.74) is 1.59. The number of ether oxygens (including phenoxy) is 5. The molecular formula is C56H45ClO16. The third-order valence-electron chi connectivity index (χ3n) is 9.90. The minimum Gasteiger partial charge on any atom is -0.508 e. The number of carboxylic acids is 2. The average molecular weight is 1010 g/mol. The summed E-state index contributed by atoms with van der Waals surface area (Å²) >= 11 is 5.40. The maximum atomic E-state index is 12.0. The minimum absolute atomic E-state index is 0.0310. The van der Waals surface area contributed by atoms with Crippen molar-refractivity contribution in [2.75, 3.05) is 13.2 Å². The highest BCUT2D eigenvalue weighted by molar-refractivity contribution is 6.67. The smallest absolute Gasteiger partial charge is 0.338 e. The molecule has 0 aliphatic carbocycles. The molecule has 73 heavy (non-hydrogen) atoms. The van der Waals surface area contributed by atoms with Crippen LogP contribution in [-0.4, -0.2) is 75.6 Å². The normalized spacial score (nSPS) is 10.2. The summed E-state index contributed by atoms with van der Waals surface area (Å²) in [6, 6.07) is 39.8. The summed E-state index contributed by atoms with van der Waals surface area (Å²) in [5.74, 6) is -2.54. The summed E-state index contributed by atoms with van der Waals surface area (Å²) in [6.45, 7) is 8.93. The van der Waals surface area contributed by atoms with Crippen LogP contribution in [0.5, 0.6) is 23.0 Å². The molecule has 0 unspecified atom stereocenters. The van der Waals surface area contributed by atoms with E-state index in [0.717, 1.165) is 43.1 Å². The van der Waals surface area contributed by atoms with E-state index < -0.39 is 35.1 Å². The molecule has 8 aromatic carbocycles. The second-order valence-corrected chi connectivity index (χ2v) is 16.0. The maximum absolute atomic E-state index is 12.0. The van der Waals surface area contributed by atoms with Crippen molar-refractivity contribution < 1.29 is 77.4 Å². The molecule has 0 saturated carbocycles. The lowest BCUT2D eigenvalue weighted by Crippen LogP contribution is -2.14. The molecule has 0 aliphatic heterocycles. The van der Waals surface area contributed by atoms with E-state index in [0.29, 0.717) is 28.4 Å². The lowest BCUT2D eigenvalue weighted by molar-refractivity contribution is -0.140. The Balaban J connectivity index is 0.000000185. The van der Waals surface area contributed by atoms with Crippen molar-refractivity contribution in [1.82, 2.24) is 0 Å². The van der Waals surface area contributed by atoms with Gasteiger partial charge in [-0.3, -0.25) is 19.2 Å². The molecule has 16 nitrogen and oxygen atoms in total. The first kappa shape index (κ1) is 54.5. The summed E-state index contributed by atoms with van der Waals surface area (Å²) in [5, 5.41) is 32.9. The Bertz CT molecular complexity index is 3340. The van der Waals surface area contributed by atoms with Gasteiger partial charge in [0.2, 0.25) is 0 Å². The zero-order valence-electron chi connectivity index (χ0n) is 39.5. The summed E-state index contributed by atoms with van der Waals surface area (Å²) in [6.07, 6.45) is 0. The molecule has 0 bridgehead atoms. The number of phenolic OH excluding ortho intramolecular Hbond substituents is 1. The Kier molecular flexibility index (Phi) is 19.0. The quantitative estimate of drug-likeness (QED) is 0.0358. The number of hydrogen-bond donors (Lipinski definition) is 3. The Hall–Kier alpha value is -9.41. The van der Waals surface area contributed by atoms with Crippen LogP contribution < -0.4 is 14.2 Å². The zero-order chi connectivity index (χ0) is 53.4. The number of aromatic carboxylic acids is 2. The van der Waals surface area contributed by atoms with Gasteiger partial charge in [-0.1, -0.05) is 55.1 Å². The SMILES string of the molecule is C=C(C)C(=O)OCCOC(=O)c1ccc2cc(OC(C)=O)ccc2c1.CC(=O)Oc1ccc2cc(C(=O)Cl)ccc2c1.CC(=O)Oc1ccc2cc(C(=O)O)ccc2c1.O=C(O)c1ccc2cc(O)ccc2c1. The van der Waals surface area contributed by atoms with Gasteiger partial charge < -0.3 is 39.0 Å². The van der Waals surface area contributed by atoms with Gasteiger partial charge in [0.05, 0.1) is 16.7 Å². The lowest BCUT2D eigenvalue weighted by Gasteiger charge is -2.08. The molecule has 0 aromatic heterocycles. The molecule has 17 heteroatoms. The van der Waals surface area contributed by atoms with Gasteiger partial charge in [0.25, 0.3) is 5.24 Å². The predicted octanol–water partition coefficient (Wildman–Crippen LogP) is 10.9. The Morgan fingerprint density at radius 1 is 0.425 bits per heavy atom. The maximum Gasteiger partial charge on any atom is 0.338 e. The Labute approximate surface area is 421 Å². The van der Waals surface area contributed by atoms with Crippen molar-refractivity contribution in [2.24, 2.45) is 0 Å². The molecule has 0 fully saturated rings. The van der Waals surface area contributed by atoms with E-state index in [1.54, 1.807) is 127 Å². The second kappa shape index (κ2) is 25.4. The summed E-state index contributed by atoms with van der Waals surface area (Å²) in [7, 11) is 0. The third-order valence-corrected chi connectivity index (χ3v) is 10.1. The van der Waals surface area contributed by atoms with Crippen LogP contribution in [0.15, 0.2) is 158 Å². The highest BCUT2D eigenvalue weighted by Crippen LogP contribution is 2.26. The van der Waals surface area contributed by atoms with Crippen molar-refractivity contribution in [3.63, 3.8) is 0 Å². The van der Waals surface area contributed by atoms with Gasteiger partial charge in [0, 0.05) is 31.9 Å². The molecule has 0 spiro atoms. The van der Waals surface area contributed by atoms with E-state index in [1.165, 1.54) is 45.9 Å². The topological polar surface area (TPSA) is 243 Å². The molecule has 0 aliphatic rings. The van der Waals surface area contributed by atoms with E-state index in [1.807, 2.05) is 0 Å². The Morgan fingerprint density at radius 2 is 0.740 bits per heavy atom. The number of phenols is 1. The first-order valence-electron chi connectivity index (χ1n) is 21.7. The van der Waals surface area contributed by atoms with E-state index in [4.69, 9.17) is 45.5 Å². The first-order valence-corrected chi connectivity index (χ1v) is 22.1. The van der Waals surface area contributed by atoms with Gasteiger partial charge in [-0.05, 0) is 159 Å². The van der Waals surface area contributed by atoms with Crippen molar-refractivity contribution in [3.05, 3.63) is 180 Å². The van der Waals surface area contributed by atoms with Crippen LogP contribution >= 0.6 is 11.6 Å². The fraction of sp³-hybridized carbons (Fsp3) is 0.107. The zero-order valence-corrected chi connectivity index (χ0v) is 40.3. The van der Waals surface area contributed by atoms with Crippen LogP contribution in [-0.2, 0) is 28.7 Å². The van der Waals surface area contributed by atoms with Crippen molar-refractivity contribution >= 4 is 102 Å². The molecule has 372 valence electrons. The fourth-order valence-electron chi connectivity index (χ4n) is 6.58. The largest absolute Gasteiger partial charge is 0.508 e. The first-order chi connectivity index (χ1) is 34.6. The van der Waals surface area contributed by atoms with Gasteiger partial charge in [-0.2, -0.15) is 0 Å². The van der Waals surface area contributed by atoms with E-state index in [-0.39, 0.29) is 47.6 Å². The van der Waals surface area contributed by atoms with Crippen molar-refractivity contribution in [2.45, 2.75) is 27.7 Å². The monoisotopic (exact) mass is 1010 g/mol. The average Bonchev–Trinajstić information content (AvgIpc) is 3.34. The van der Waals surface area contributed by atoms with Crippen LogP contribution in [0.4, 0.5) is 0 Å². The number of fused-ring (bicyclic) bond motifs is 4. The molecule has 0 amide bonds. The van der Waals surface area contributed by atoms with Crippen LogP contribution in [0.25, 0.3) is 43.1 Å². The van der Waals surface area contributed by atoms with Crippen LogP contribution in [0.2, 0.25) is 0 Å². The van der Waals surface area contributed by atoms with Gasteiger partial charge in [0.1, 0.15) is 36.2 Å².